The van der Waals surface area contributed by atoms with Crippen molar-refractivity contribution in [3.63, 3.8) is 0 Å². The molecule has 0 radical (unpaired) electrons. The van der Waals surface area contributed by atoms with Crippen LogP contribution in [0.4, 0.5) is 5.69 Å². The van der Waals surface area contributed by atoms with E-state index in [1.54, 1.807) is 47.0 Å². The number of nitrogens with zero attached hydrogens (tertiary/aromatic N) is 2. The highest BCUT2D eigenvalue weighted by atomic mass is 32.2. The van der Waals surface area contributed by atoms with Crippen LogP contribution in [0, 0.1) is 0 Å². The van der Waals surface area contributed by atoms with E-state index in [-0.39, 0.29) is 17.0 Å². The summed E-state index contributed by atoms with van der Waals surface area (Å²) in [5.41, 5.74) is 6.46. The minimum Gasteiger partial charge on any atom is -0.366 e. The van der Waals surface area contributed by atoms with Crippen molar-refractivity contribution in [2.75, 3.05) is 5.32 Å². The molecule has 7 nitrogen and oxygen atoms in total. The molecule has 150 valence electrons. The quantitative estimate of drug-likeness (QED) is 0.460. The van der Waals surface area contributed by atoms with E-state index in [9.17, 15) is 14.4 Å². The van der Waals surface area contributed by atoms with Crippen LogP contribution in [0.3, 0.4) is 0 Å². The molecule has 0 aliphatic rings. The number of carbonyl (C=O) groups excluding carboxylic acids is 2. The van der Waals surface area contributed by atoms with Gasteiger partial charge in [-0.2, -0.15) is 0 Å². The summed E-state index contributed by atoms with van der Waals surface area (Å²) in [6, 6.07) is 13.7. The Morgan fingerprint density at radius 1 is 1.14 bits per heavy atom. The number of thioether (sulfide) groups is 1. The smallest absolute Gasteiger partial charge is 0.262 e. The molecule has 3 aromatic rings. The Morgan fingerprint density at radius 3 is 2.52 bits per heavy atom. The van der Waals surface area contributed by atoms with Gasteiger partial charge in [-0.05, 0) is 37.6 Å². The zero-order chi connectivity index (χ0) is 21.0. The summed E-state index contributed by atoms with van der Waals surface area (Å²) in [4.78, 5) is 41.9. The van der Waals surface area contributed by atoms with Gasteiger partial charge in [0.1, 0.15) is 0 Å². The summed E-state index contributed by atoms with van der Waals surface area (Å²) in [5.74, 6) is -0.895. The van der Waals surface area contributed by atoms with Crippen LogP contribution in [-0.2, 0) is 11.3 Å². The van der Waals surface area contributed by atoms with Crippen LogP contribution in [0.5, 0.6) is 0 Å². The molecule has 0 fully saturated rings. The van der Waals surface area contributed by atoms with Crippen molar-refractivity contribution < 1.29 is 9.59 Å². The fourth-order valence-electron chi connectivity index (χ4n) is 2.99. The Bertz CT molecular complexity index is 1130. The maximum atomic E-state index is 12.9. The number of fused-ring (bicyclic) bond motifs is 1. The van der Waals surface area contributed by atoms with E-state index in [0.29, 0.717) is 34.7 Å². The van der Waals surface area contributed by atoms with Crippen molar-refractivity contribution in [3.8, 4) is 0 Å². The SMILES string of the molecule is CCC(Sc1nc2ccccc2c(=O)n1CC)C(=O)Nc1ccccc1C(N)=O. The zero-order valence-corrected chi connectivity index (χ0v) is 17.0. The molecule has 3 rings (SSSR count). The third kappa shape index (κ3) is 4.32. The number of hydrogen-bond donors (Lipinski definition) is 2. The third-order valence-electron chi connectivity index (χ3n) is 4.50. The van der Waals surface area contributed by atoms with Gasteiger partial charge in [0.05, 0.1) is 27.4 Å². The number of carbonyl (C=O) groups is 2. The lowest BCUT2D eigenvalue weighted by Crippen LogP contribution is -2.28. The molecular weight excluding hydrogens is 388 g/mol. The summed E-state index contributed by atoms with van der Waals surface area (Å²) in [5, 5.41) is 3.31. The van der Waals surface area contributed by atoms with Crippen molar-refractivity contribution in [2.24, 2.45) is 5.73 Å². The van der Waals surface area contributed by atoms with Crippen molar-refractivity contribution in [1.82, 2.24) is 9.55 Å². The van der Waals surface area contributed by atoms with Crippen LogP contribution in [0.1, 0.15) is 30.6 Å². The largest absolute Gasteiger partial charge is 0.366 e. The van der Waals surface area contributed by atoms with Gasteiger partial charge in [0.25, 0.3) is 11.5 Å². The fourth-order valence-corrected chi connectivity index (χ4v) is 4.06. The van der Waals surface area contributed by atoms with Crippen molar-refractivity contribution in [2.45, 2.75) is 37.2 Å². The summed E-state index contributed by atoms with van der Waals surface area (Å²) >= 11 is 1.23. The summed E-state index contributed by atoms with van der Waals surface area (Å²) in [6.07, 6.45) is 0.516. The van der Waals surface area contributed by atoms with Gasteiger partial charge in [0, 0.05) is 6.54 Å². The Hall–Kier alpha value is -3.13. The van der Waals surface area contributed by atoms with Crippen LogP contribution in [0.15, 0.2) is 58.5 Å². The van der Waals surface area contributed by atoms with Gasteiger partial charge in [-0.15, -0.1) is 0 Å². The van der Waals surface area contributed by atoms with E-state index >= 15 is 0 Å². The monoisotopic (exact) mass is 410 g/mol. The second kappa shape index (κ2) is 8.91. The van der Waals surface area contributed by atoms with Crippen molar-refractivity contribution in [3.05, 3.63) is 64.4 Å². The molecule has 2 amide bonds. The van der Waals surface area contributed by atoms with Crippen LogP contribution >= 0.6 is 11.8 Å². The molecule has 0 saturated heterocycles. The molecule has 1 heterocycles. The summed E-state index contributed by atoms with van der Waals surface area (Å²) in [7, 11) is 0. The molecule has 0 spiro atoms. The Labute approximate surface area is 172 Å². The molecule has 2 aromatic carbocycles. The molecule has 0 saturated carbocycles. The average molecular weight is 410 g/mol. The summed E-state index contributed by atoms with van der Waals surface area (Å²) < 4.78 is 1.57. The third-order valence-corrected chi connectivity index (χ3v) is 5.86. The number of aromatic nitrogens is 2. The molecule has 0 aliphatic carbocycles. The molecule has 8 heteroatoms. The van der Waals surface area contributed by atoms with Gasteiger partial charge in [-0.3, -0.25) is 19.0 Å². The zero-order valence-electron chi connectivity index (χ0n) is 16.2. The number of rotatable bonds is 7. The topological polar surface area (TPSA) is 107 Å². The number of para-hydroxylation sites is 2. The van der Waals surface area contributed by atoms with Crippen LogP contribution in [0.2, 0.25) is 0 Å². The Morgan fingerprint density at radius 2 is 1.83 bits per heavy atom. The highest BCUT2D eigenvalue weighted by molar-refractivity contribution is 8.00. The number of benzene rings is 2. The number of nitrogens with one attached hydrogen (secondary N) is 1. The lowest BCUT2D eigenvalue weighted by Gasteiger charge is -2.18. The maximum Gasteiger partial charge on any atom is 0.262 e. The van der Waals surface area contributed by atoms with Gasteiger partial charge >= 0.3 is 0 Å². The molecule has 1 atom stereocenters. The van der Waals surface area contributed by atoms with Gasteiger partial charge < -0.3 is 11.1 Å². The highest BCUT2D eigenvalue weighted by Gasteiger charge is 2.23. The predicted molar refractivity (Wildman–Crippen MR) is 115 cm³/mol. The second-order valence-corrected chi connectivity index (χ2v) is 7.54. The lowest BCUT2D eigenvalue weighted by molar-refractivity contribution is -0.115. The normalized spacial score (nSPS) is 11.9. The summed E-state index contributed by atoms with van der Waals surface area (Å²) in [6.45, 7) is 4.19. The Balaban J connectivity index is 1.91. The second-order valence-electron chi connectivity index (χ2n) is 6.37. The van der Waals surface area contributed by atoms with E-state index in [0.717, 1.165) is 0 Å². The van der Waals surface area contributed by atoms with Gasteiger partial charge in [0.2, 0.25) is 5.91 Å². The van der Waals surface area contributed by atoms with Crippen LogP contribution in [0.25, 0.3) is 10.9 Å². The molecule has 1 unspecified atom stereocenters. The van der Waals surface area contributed by atoms with Crippen molar-refractivity contribution >= 4 is 40.2 Å². The Kier molecular flexibility index (Phi) is 6.33. The van der Waals surface area contributed by atoms with E-state index in [1.165, 1.54) is 11.8 Å². The molecular formula is C21H22N4O3S. The first-order valence-electron chi connectivity index (χ1n) is 9.32. The van der Waals surface area contributed by atoms with E-state index < -0.39 is 11.2 Å². The number of anilines is 1. The van der Waals surface area contributed by atoms with Gasteiger partial charge in [-0.25, -0.2) is 4.98 Å². The predicted octanol–water partition coefficient (Wildman–Crippen LogP) is 3.02. The molecule has 0 aliphatic heterocycles. The minimum absolute atomic E-state index is 0.130. The highest BCUT2D eigenvalue weighted by Crippen LogP contribution is 2.26. The number of hydrogen-bond acceptors (Lipinski definition) is 5. The number of nitrogens with two attached hydrogens (primary N) is 1. The molecule has 3 N–H and O–H groups in total. The molecule has 0 bridgehead atoms. The first-order chi connectivity index (χ1) is 14.0. The first kappa shape index (κ1) is 20.6. The standard InChI is InChI=1S/C21H22N4O3S/c1-3-17(19(27)23-15-11-7-5-9-13(15)18(22)26)29-21-24-16-12-8-6-10-14(16)20(28)25(21)4-2/h5-12,17H,3-4H2,1-2H3,(H2,22,26)(H,23,27). The minimum atomic E-state index is -0.613. The van der Waals surface area contributed by atoms with Crippen molar-refractivity contribution in [1.29, 1.82) is 0 Å². The first-order valence-corrected chi connectivity index (χ1v) is 10.2. The van der Waals surface area contributed by atoms with Gasteiger partial charge in [-0.1, -0.05) is 43.0 Å². The lowest BCUT2D eigenvalue weighted by atomic mass is 10.1. The van der Waals surface area contributed by atoms with E-state index in [4.69, 9.17) is 5.73 Å². The molecule has 29 heavy (non-hydrogen) atoms. The fraction of sp³-hybridized carbons (Fsp3) is 0.238. The molecule has 1 aromatic heterocycles. The average Bonchev–Trinajstić information content (AvgIpc) is 2.72. The van der Waals surface area contributed by atoms with E-state index in [1.807, 2.05) is 19.9 Å². The number of primary amides is 1. The maximum absolute atomic E-state index is 12.9. The van der Waals surface area contributed by atoms with Crippen LogP contribution < -0.4 is 16.6 Å². The van der Waals surface area contributed by atoms with Crippen LogP contribution in [-0.4, -0.2) is 26.6 Å². The van der Waals surface area contributed by atoms with E-state index in [2.05, 4.69) is 10.3 Å². The number of amides is 2. The van der Waals surface area contributed by atoms with Gasteiger partial charge in [0.15, 0.2) is 5.16 Å².